The minimum absolute atomic E-state index is 0.228. The number of aliphatic hydroxyl groups is 1. The number of ether oxygens (including phenoxy) is 1. The number of piperidine rings is 1. The Bertz CT molecular complexity index is 485. The summed E-state index contributed by atoms with van der Waals surface area (Å²) >= 11 is 0. The fraction of sp³-hybridized carbons (Fsp3) is 0.882. The molecule has 8 nitrogen and oxygen atoms in total. The SMILES string of the molecule is CCN1CCN(CCN2CC3(CCN(C(=O)CO)CC3)OC2=O)CC1. The monoisotopic (exact) mass is 354 g/mol. The molecular weight excluding hydrogens is 324 g/mol. The van der Waals surface area contributed by atoms with Crippen molar-refractivity contribution in [2.75, 3.05) is 72.1 Å². The molecule has 0 atom stereocenters. The first-order valence-corrected chi connectivity index (χ1v) is 9.36. The fourth-order valence-electron chi connectivity index (χ4n) is 3.98. The topological polar surface area (TPSA) is 76.6 Å². The van der Waals surface area contributed by atoms with Gasteiger partial charge in [-0.05, 0) is 6.54 Å². The zero-order chi connectivity index (χ0) is 17.9. The lowest BCUT2D eigenvalue weighted by atomic mass is 9.91. The smallest absolute Gasteiger partial charge is 0.410 e. The Labute approximate surface area is 149 Å². The van der Waals surface area contributed by atoms with Crippen LogP contribution in [0.3, 0.4) is 0 Å². The highest BCUT2D eigenvalue weighted by Crippen LogP contribution is 2.33. The molecule has 3 rings (SSSR count). The molecule has 3 saturated heterocycles. The third-order valence-corrected chi connectivity index (χ3v) is 5.80. The molecule has 0 aromatic rings. The van der Waals surface area contributed by atoms with Crippen molar-refractivity contribution in [1.82, 2.24) is 19.6 Å². The van der Waals surface area contributed by atoms with Crippen molar-refractivity contribution in [3.8, 4) is 0 Å². The Morgan fingerprint density at radius 3 is 2.32 bits per heavy atom. The van der Waals surface area contributed by atoms with E-state index in [4.69, 9.17) is 9.84 Å². The number of carbonyl (C=O) groups is 2. The highest BCUT2D eigenvalue weighted by molar-refractivity contribution is 5.77. The van der Waals surface area contributed by atoms with Gasteiger partial charge in [0.25, 0.3) is 0 Å². The Balaban J connectivity index is 1.44. The molecule has 25 heavy (non-hydrogen) atoms. The van der Waals surface area contributed by atoms with Gasteiger partial charge >= 0.3 is 6.09 Å². The summed E-state index contributed by atoms with van der Waals surface area (Å²) in [6.07, 6.45) is 1.07. The average molecular weight is 354 g/mol. The summed E-state index contributed by atoms with van der Waals surface area (Å²) in [6.45, 7) is 10.4. The Morgan fingerprint density at radius 1 is 1.08 bits per heavy atom. The van der Waals surface area contributed by atoms with Crippen LogP contribution in [0, 0.1) is 0 Å². The van der Waals surface area contributed by atoms with Crippen molar-refractivity contribution in [3.05, 3.63) is 0 Å². The summed E-state index contributed by atoms with van der Waals surface area (Å²) in [7, 11) is 0. The maximum Gasteiger partial charge on any atom is 0.410 e. The Hall–Kier alpha value is -1.38. The lowest BCUT2D eigenvalue weighted by molar-refractivity contribution is -0.137. The number of carbonyl (C=O) groups excluding carboxylic acids is 2. The lowest BCUT2D eigenvalue weighted by Gasteiger charge is -2.37. The van der Waals surface area contributed by atoms with Crippen LogP contribution >= 0.6 is 0 Å². The van der Waals surface area contributed by atoms with Gasteiger partial charge in [0.2, 0.25) is 5.91 Å². The van der Waals surface area contributed by atoms with Gasteiger partial charge in [0, 0.05) is 65.2 Å². The van der Waals surface area contributed by atoms with Gasteiger partial charge in [-0.3, -0.25) is 9.69 Å². The van der Waals surface area contributed by atoms with Crippen LogP contribution in [0.4, 0.5) is 4.79 Å². The summed E-state index contributed by atoms with van der Waals surface area (Å²) in [5, 5.41) is 8.96. The van der Waals surface area contributed by atoms with Gasteiger partial charge in [-0.25, -0.2) is 4.79 Å². The number of likely N-dealkylation sites (N-methyl/N-ethyl adjacent to an activating group) is 1. The van der Waals surface area contributed by atoms with E-state index in [-0.39, 0.29) is 12.0 Å². The first kappa shape index (κ1) is 18.4. The lowest BCUT2D eigenvalue weighted by Crippen LogP contribution is -2.50. The Kier molecular flexibility index (Phi) is 5.81. The van der Waals surface area contributed by atoms with Gasteiger partial charge in [-0.1, -0.05) is 6.92 Å². The van der Waals surface area contributed by atoms with Gasteiger partial charge < -0.3 is 24.5 Å². The number of hydrogen-bond acceptors (Lipinski definition) is 6. The van der Waals surface area contributed by atoms with Gasteiger partial charge in [0.05, 0.1) is 6.54 Å². The second-order valence-electron chi connectivity index (χ2n) is 7.29. The molecule has 0 saturated carbocycles. The van der Waals surface area contributed by atoms with E-state index in [9.17, 15) is 9.59 Å². The zero-order valence-corrected chi connectivity index (χ0v) is 15.2. The maximum atomic E-state index is 12.2. The molecule has 3 fully saturated rings. The number of aliphatic hydroxyl groups excluding tert-OH is 1. The Morgan fingerprint density at radius 2 is 1.72 bits per heavy atom. The normalized spacial score (nSPS) is 24.8. The number of piperazine rings is 1. The van der Waals surface area contributed by atoms with Crippen LogP contribution in [0.5, 0.6) is 0 Å². The van der Waals surface area contributed by atoms with E-state index in [1.165, 1.54) is 0 Å². The number of rotatable bonds is 5. The molecule has 3 aliphatic heterocycles. The number of nitrogens with zero attached hydrogens (tertiary/aromatic N) is 4. The van der Waals surface area contributed by atoms with Crippen LogP contribution in [0.2, 0.25) is 0 Å². The van der Waals surface area contributed by atoms with Gasteiger partial charge in [0.1, 0.15) is 12.2 Å². The molecule has 0 unspecified atom stereocenters. The molecule has 0 bridgehead atoms. The third-order valence-electron chi connectivity index (χ3n) is 5.80. The van der Waals surface area contributed by atoms with Crippen LogP contribution in [-0.2, 0) is 9.53 Å². The summed E-state index contributed by atoms with van der Waals surface area (Å²) in [6, 6.07) is 0. The zero-order valence-electron chi connectivity index (χ0n) is 15.2. The van der Waals surface area contributed by atoms with E-state index in [0.29, 0.717) is 39.0 Å². The molecule has 0 radical (unpaired) electrons. The molecule has 3 heterocycles. The van der Waals surface area contributed by atoms with Crippen molar-refractivity contribution in [1.29, 1.82) is 0 Å². The molecule has 8 heteroatoms. The summed E-state index contributed by atoms with van der Waals surface area (Å²) in [5.74, 6) is -0.248. The summed E-state index contributed by atoms with van der Waals surface area (Å²) in [4.78, 5) is 32.1. The van der Waals surface area contributed by atoms with Crippen molar-refractivity contribution >= 4 is 12.0 Å². The number of amides is 2. The first-order chi connectivity index (χ1) is 12.0. The molecule has 0 aromatic carbocycles. The van der Waals surface area contributed by atoms with Crippen molar-refractivity contribution < 1.29 is 19.4 Å². The van der Waals surface area contributed by atoms with Gasteiger partial charge in [-0.15, -0.1) is 0 Å². The van der Waals surface area contributed by atoms with Crippen LogP contribution in [-0.4, -0.2) is 114 Å². The van der Waals surface area contributed by atoms with Gasteiger partial charge in [0.15, 0.2) is 0 Å². The van der Waals surface area contributed by atoms with E-state index in [1.54, 1.807) is 4.90 Å². The molecule has 0 aliphatic carbocycles. The van der Waals surface area contributed by atoms with Crippen molar-refractivity contribution in [2.45, 2.75) is 25.4 Å². The maximum absolute atomic E-state index is 12.2. The molecule has 0 aromatic heterocycles. The van der Waals surface area contributed by atoms with E-state index in [2.05, 4.69) is 16.7 Å². The fourth-order valence-corrected chi connectivity index (χ4v) is 3.98. The average Bonchev–Trinajstić information content (AvgIpc) is 2.95. The third kappa shape index (κ3) is 4.24. The van der Waals surface area contributed by atoms with Gasteiger partial charge in [-0.2, -0.15) is 0 Å². The molecule has 3 aliphatic rings. The predicted octanol–water partition coefficient (Wildman–Crippen LogP) is -0.570. The van der Waals surface area contributed by atoms with E-state index in [1.807, 2.05) is 4.90 Å². The van der Waals surface area contributed by atoms with Crippen molar-refractivity contribution in [3.63, 3.8) is 0 Å². The molecule has 2 amide bonds. The predicted molar refractivity (Wildman–Crippen MR) is 92.2 cm³/mol. The second-order valence-corrected chi connectivity index (χ2v) is 7.29. The van der Waals surface area contributed by atoms with Crippen LogP contribution in [0.1, 0.15) is 19.8 Å². The highest BCUT2D eigenvalue weighted by atomic mass is 16.6. The molecule has 142 valence electrons. The van der Waals surface area contributed by atoms with Crippen LogP contribution in [0.15, 0.2) is 0 Å². The largest absolute Gasteiger partial charge is 0.441 e. The van der Waals surface area contributed by atoms with E-state index in [0.717, 1.165) is 39.3 Å². The number of hydrogen-bond donors (Lipinski definition) is 1. The standard InChI is InChI=1S/C17H30N4O4/c1-2-18-7-9-19(10-8-18)11-12-21-14-17(25-16(21)24)3-5-20(6-4-17)15(23)13-22/h22H,2-14H2,1H3. The molecule has 1 N–H and O–H groups in total. The quantitative estimate of drug-likeness (QED) is 0.713. The second kappa shape index (κ2) is 7.88. The van der Waals surface area contributed by atoms with Crippen LogP contribution < -0.4 is 0 Å². The van der Waals surface area contributed by atoms with Crippen molar-refractivity contribution in [2.24, 2.45) is 0 Å². The van der Waals surface area contributed by atoms with E-state index >= 15 is 0 Å². The minimum Gasteiger partial charge on any atom is -0.441 e. The number of likely N-dealkylation sites (tertiary alicyclic amines) is 1. The van der Waals surface area contributed by atoms with Crippen LogP contribution in [0.25, 0.3) is 0 Å². The highest BCUT2D eigenvalue weighted by Gasteiger charge is 2.47. The first-order valence-electron chi connectivity index (χ1n) is 9.36. The van der Waals surface area contributed by atoms with E-state index < -0.39 is 12.2 Å². The molecular formula is C17H30N4O4. The molecule has 1 spiro atoms. The minimum atomic E-state index is -0.454. The summed E-state index contributed by atoms with van der Waals surface area (Å²) in [5.41, 5.74) is -0.454. The summed E-state index contributed by atoms with van der Waals surface area (Å²) < 4.78 is 5.70.